The third-order valence-corrected chi connectivity index (χ3v) is 5.90. The van der Waals surface area contributed by atoms with Gasteiger partial charge in [-0.2, -0.15) is 0 Å². The van der Waals surface area contributed by atoms with E-state index in [0.29, 0.717) is 28.4 Å². The maximum Gasteiger partial charge on any atom is 0.336 e. The van der Waals surface area contributed by atoms with Gasteiger partial charge in [0.2, 0.25) is 5.91 Å². The van der Waals surface area contributed by atoms with Gasteiger partial charge in [-0.15, -0.1) is 0 Å². The van der Waals surface area contributed by atoms with Crippen LogP contribution < -0.4 is 15.4 Å². The lowest BCUT2D eigenvalue weighted by Crippen LogP contribution is -2.33. The van der Waals surface area contributed by atoms with Crippen LogP contribution in [-0.2, 0) is 28.6 Å². The van der Waals surface area contributed by atoms with E-state index in [1.165, 1.54) is 32.2 Å². The maximum absolute atomic E-state index is 13.4. The Morgan fingerprint density at radius 1 is 0.925 bits per heavy atom. The van der Waals surface area contributed by atoms with Crippen LogP contribution in [0.5, 0.6) is 5.75 Å². The number of ether oxygens (including phenoxy) is 4. The third-order valence-electron chi connectivity index (χ3n) is 5.90. The van der Waals surface area contributed by atoms with Crippen LogP contribution in [0.3, 0.4) is 0 Å². The molecule has 0 fully saturated rings. The number of anilines is 1. The van der Waals surface area contributed by atoms with E-state index in [1.807, 2.05) is 0 Å². The Balaban J connectivity index is 1.80. The highest BCUT2D eigenvalue weighted by Crippen LogP contribution is 2.40. The lowest BCUT2D eigenvalue weighted by atomic mass is 9.80. The van der Waals surface area contributed by atoms with Crippen LogP contribution in [0.2, 0.25) is 0 Å². The van der Waals surface area contributed by atoms with Crippen LogP contribution >= 0.6 is 0 Å². The number of dihydropyridines is 1. The summed E-state index contributed by atoms with van der Waals surface area (Å²) >= 11 is 0. The van der Waals surface area contributed by atoms with Crippen LogP contribution in [0.25, 0.3) is 0 Å². The largest absolute Gasteiger partial charge is 0.490 e. The molecule has 0 saturated heterocycles. The molecule has 0 saturated carbocycles. The predicted molar refractivity (Wildman–Crippen MR) is 144 cm³/mol. The van der Waals surface area contributed by atoms with E-state index in [-0.39, 0.29) is 49.2 Å². The number of nitro benzene ring substituents is 1. The van der Waals surface area contributed by atoms with Gasteiger partial charge in [0.05, 0.1) is 28.6 Å². The van der Waals surface area contributed by atoms with Gasteiger partial charge in [0, 0.05) is 43.2 Å². The number of hydrogen-bond donors (Lipinski definition) is 2. The summed E-state index contributed by atoms with van der Waals surface area (Å²) in [6.45, 7) is 4.81. The number of esters is 2. The standard InChI is InChI=1S/C28H31N3O9/c1-17-24(27(33)39-13-12-37-4)26(20-6-5-7-22(16-20)31(35)36)25(18(2)29-17)28(34)40-15-14-38-23-10-8-21(9-11-23)30-19(3)32/h5-11,16,26,29H,12-15H2,1-4H3,(H,30,32)/t26-/m1/s1. The predicted octanol–water partition coefficient (Wildman–Crippen LogP) is 3.60. The molecule has 0 aromatic heterocycles. The number of nitrogens with zero attached hydrogens (tertiary/aromatic N) is 1. The zero-order valence-electron chi connectivity index (χ0n) is 22.6. The number of rotatable bonds is 12. The van der Waals surface area contributed by atoms with Crippen LogP contribution in [0.15, 0.2) is 71.1 Å². The molecule has 0 unspecified atom stereocenters. The van der Waals surface area contributed by atoms with E-state index in [0.717, 1.165) is 0 Å². The number of non-ortho nitro benzene ring substituents is 1. The fourth-order valence-electron chi connectivity index (χ4n) is 4.19. The highest BCUT2D eigenvalue weighted by molar-refractivity contribution is 6.00. The van der Waals surface area contributed by atoms with Crippen molar-refractivity contribution in [1.82, 2.24) is 5.32 Å². The lowest BCUT2D eigenvalue weighted by Gasteiger charge is -2.30. The molecule has 212 valence electrons. The van der Waals surface area contributed by atoms with Crippen molar-refractivity contribution in [1.29, 1.82) is 0 Å². The summed E-state index contributed by atoms with van der Waals surface area (Å²) in [5.74, 6) is -2.08. The van der Waals surface area contributed by atoms with Crippen molar-refractivity contribution < 1.29 is 38.3 Å². The highest BCUT2D eigenvalue weighted by Gasteiger charge is 2.38. The topological polar surface area (TPSA) is 155 Å². The second kappa shape index (κ2) is 13.9. The molecule has 40 heavy (non-hydrogen) atoms. The van der Waals surface area contributed by atoms with Gasteiger partial charge in [-0.25, -0.2) is 9.59 Å². The molecule has 1 amide bonds. The van der Waals surface area contributed by atoms with E-state index in [2.05, 4.69) is 10.6 Å². The number of allylic oxidation sites excluding steroid dienone is 2. The van der Waals surface area contributed by atoms with Crippen LogP contribution in [0, 0.1) is 10.1 Å². The van der Waals surface area contributed by atoms with Gasteiger partial charge in [-0.05, 0) is 43.7 Å². The van der Waals surface area contributed by atoms with Gasteiger partial charge in [0.1, 0.15) is 25.6 Å². The second-order valence-electron chi connectivity index (χ2n) is 8.81. The van der Waals surface area contributed by atoms with Gasteiger partial charge in [-0.1, -0.05) is 12.1 Å². The second-order valence-corrected chi connectivity index (χ2v) is 8.81. The number of benzene rings is 2. The summed E-state index contributed by atoms with van der Waals surface area (Å²) in [5.41, 5.74) is 1.90. The number of carbonyl (C=O) groups is 3. The van der Waals surface area contributed by atoms with Gasteiger partial charge in [0.15, 0.2) is 0 Å². The molecule has 1 aliphatic rings. The van der Waals surface area contributed by atoms with Crippen molar-refractivity contribution in [2.24, 2.45) is 0 Å². The van der Waals surface area contributed by atoms with Gasteiger partial charge >= 0.3 is 11.9 Å². The van der Waals surface area contributed by atoms with Crippen molar-refractivity contribution in [3.63, 3.8) is 0 Å². The summed E-state index contributed by atoms with van der Waals surface area (Å²) < 4.78 is 21.4. The van der Waals surface area contributed by atoms with Crippen molar-refractivity contribution in [2.75, 3.05) is 38.9 Å². The van der Waals surface area contributed by atoms with E-state index in [1.54, 1.807) is 44.2 Å². The molecular weight excluding hydrogens is 522 g/mol. The Morgan fingerprint density at radius 2 is 1.52 bits per heavy atom. The molecule has 12 nitrogen and oxygen atoms in total. The molecule has 0 spiro atoms. The molecule has 1 atom stereocenters. The SMILES string of the molecule is COCCOC(=O)C1=C(C)NC(C)=C(C(=O)OCCOc2ccc(NC(C)=O)cc2)[C@@H]1c1cccc([N+](=O)[O-])c1. The molecule has 2 N–H and O–H groups in total. The normalized spacial score (nSPS) is 14.8. The Morgan fingerprint density at radius 3 is 2.08 bits per heavy atom. The monoisotopic (exact) mass is 553 g/mol. The average molecular weight is 554 g/mol. The quantitative estimate of drug-likeness (QED) is 0.172. The molecular formula is C28H31N3O9. The summed E-state index contributed by atoms with van der Waals surface area (Å²) in [5, 5.41) is 17.2. The average Bonchev–Trinajstić information content (AvgIpc) is 2.91. The molecule has 1 aliphatic heterocycles. The van der Waals surface area contributed by atoms with Gasteiger partial charge in [-0.3, -0.25) is 14.9 Å². The molecule has 2 aromatic carbocycles. The van der Waals surface area contributed by atoms with E-state index < -0.39 is 22.8 Å². The zero-order chi connectivity index (χ0) is 29.2. The molecule has 0 radical (unpaired) electrons. The van der Waals surface area contributed by atoms with Crippen molar-refractivity contribution in [3.05, 3.63) is 86.7 Å². The van der Waals surface area contributed by atoms with Crippen molar-refractivity contribution >= 4 is 29.2 Å². The summed E-state index contributed by atoms with van der Waals surface area (Å²) in [4.78, 5) is 48.6. The third kappa shape index (κ3) is 7.67. The van der Waals surface area contributed by atoms with Crippen LogP contribution in [0.4, 0.5) is 11.4 Å². The van der Waals surface area contributed by atoms with Gasteiger partial charge in [0.25, 0.3) is 5.69 Å². The summed E-state index contributed by atoms with van der Waals surface area (Å²) in [6.07, 6.45) is 0. The smallest absolute Gasteiger partial charge is 0.336 e. The van der Waals surface area contributed by atoms with Crippen molar-refractivity contribution in [2.45, 2.75) is 26.7 Å². The van der Waals surface area contributed by atoms with E-state index in [4.69, 9.17) is 18.9 Å². The number of methoxy groups -OCH3 is 1. The Bertz CT molecular complexity index is 1330. The van der Waals surface area contributed by atoms with Crippen LogP contribution in [-0.4, -0.2) is 56.3 Å². The zero-order valence-corrected chi connectivity index (χ0v) is 22.6. The Kier molecular flexibility index (Phi) is 10.4. The number of nitrogens with one attached hydrogen (secondary N) is 2. The molecule has 0 bridgehead atoms. The minimum atomic E-state index is -0.981. The fraction of sp³-hybridized carbons (Fsp3) is 0.321. The van der Waals surface area contributed by atoms with E-state index >= 15 is 0 Å². The molecule has 3 rings (SSSR count). The number of hydrogen-bond acceptors (Lipinski definition) is 10. The number of carbonyl (C=O) groups excluding carboxylic acids is 3. The minimum Gasteiger partial charge on any atom is -0.490 e. The molecule has 2 aromatic rings. The number of amides is 1. The first-order valence-electron chi connectivity index (χ1n) is 12.4. The lowest BCUT2D eigenvalue weighted by molar-refractivity contribution is -0.384. The highest BCUT2D eigenvalue weighted by atomic mass is 16.6. The summed E-state index contributed by atoms with van der Waals surface area (Å²) in [6, 6.07) is 12.4. The first kappa shape index (κ1) is 29.8. The Hall–Kier alpha value is -4.71. The van der Waals surface area contributed by atoms with Crippen molar-refractivity contribution in [3.8, 4) is 5.75 Å². The van der Waals surface area contributed by atoms with Gasteiger partial charge < -0.3 is 29.6 Å². The van der Waals surface area contributed by atoms with E-state index in [9.17, 15) is 24.5 Å². The fourth-order valence-corrected chi connectivity index (χ4v) is 4.19. The first-order valence-corrected chi connectivity index (χ1v) is 12.4. The van der Waals surface area contributed by atoms with Crippen LogP contribution in [0.1, 0.15) is 32.3 Å². The Labute approximate surface area is 231 Å². The summed E-state index contributed by atoms with van der Waals surface area (Å²) in [7, 11) is 1.47. The molecule has 12 heteroatoms. The first-order chi connectivity index (χ1) is 19.1. The molecule has 1 heterocycles. The number of nitro groups is 1. The molecule has 0 aliphatic carbocycles. The minimum absolute atomic E-state index is 0.0145. The maximum atomic E-state index is 13.4.